The van der Waals surface area contributed by atoms with Gasteiger partial charge in [-0.2, -0.15) is 0 Å². The first-order chi connectivity index (χ1) is 10.3. The van der Waals surface area contributed by atoms with Crippen LogP contribution in [0.4, 0.5) is 5.69 Å². The number of benzene rings is 1. The van der Waals surface area contributed by atoms with Gasteiger partial charge in [-0.1, -0.05) is 26.0 Å². The Balaban J connectivity index is 2.38. The predicted octanol–water partition coefficient (Wildman–Crippen LogP) is 2.48. The monoisotopic (exact) mass is 339 g/mol. The summed E-state index contributed by atoms with van der Waals surface area (Å²) < 4.78 is 37.8. The van der Waals surface area contributed by atoms with Gasteiger partial charge in [0.1, 0.15) is 0 Å². The van der Waals surface area contributed by atoms with Crippen molar-refractivity contribution in [3.8, 4) is 0 Å². The van der Waals surface area contributed by atoms with E-state index in [9.17, 15) is 8.42 Å². The topological polar surface area (TPSA) is 64.6 Å². The minimum Gasteiger partial charge on any atom is -0.399 e. The molecule has 0 atom stereocenters. The molecule has 0 radical (unpaired) electrons. The molecule has 0 saturated carbocycles. The standard InChI is InChI=1S/C16H26BNO4S/c1-11(2)13-10-12(8-9-14(13)18-23(7,19)20)17-21-15(3,4)16(5,6)22-17/h8-11,18H,1-7H3. The number of anilines is 1. The van der Waals surface area contributed by atoms with Gasteiger partial charge in [0.05, 0.1) is 23.1 Å². The van der Waals surface area contributed by atoms with Crippen LogP contribution in [0.25, 0.3) is 0 Å². The third kappa shape index (κ3) is 3.90. The maximum atomic E-state index is 11.5. The number of nitrogens with one attached hydrogen (secondary N) is 1. The Labute approximate surface area is 140 Å². The summed E-state index contributed by atoms with van der Waals surface area (Å²) in [7, 11) is -3.77. The molecule has 23 heavy (non-hydrogen) atoms. The van der Waals surface area contributed by atoms with Crippen LogP contribution in [-0.4, -0.2) is 33.0 Å². The van der Waals surface area contributed by atoms with Crippen LogP contribution in [0, 0.1) is 0 Å². The third-order valence-electron chi connectivity index (χ3n) is 4.52. The molecule has 1 fully saturated rings. The van der Waals surface area contributed by atoms with Crippen LogP contribution in [0.3, 0.4) is 0 Å². The first kappa shape index (κ1) is 18.3. The molecule has 0 aliphatic carbocycles. The van der Waals surface area contributed by atoms with Crippen molar-refractivity contribution in [2.75, 3.05) is 11.0 Å². The van der Waals surface area contributed by atoms with Crippen molar-refractivity contribution < 1.29 is 17.7 Å². The molecule has 0 spiro atoms. The largest absolute Gasteiger partial charge is 0.494 e. The average molecular weight is 339 g/mol. The number of hydrogen-bond donors (Lipinski definition) is 1. The molecule has 1 N–H and O–H groups in total. The molecule has 1 aromatic rings. The van der Waals surface area contributed by atoms with E-state index in [2.05, 4.69) is 4.72 Å². The van der Waals surface area contributed by atoms with Crippen LogP contribution in [0.1, 0.15) is 53.0 Å². The summed E-state index contributed by atoms with van der Waals surface area (Å²) >= 11 is 0. The number of sulfonamides is 1. The predicted molar refractivity (Wildman–Crippen MR) is 94.7 cm³/mol. The Bertz CT molecular complexity index is 682. The second-order valence-corrected chi connectivity index (χ2v) is 9.21. The first-order valence-electron chi connectivity index (χ1n) is 7.80. The number of rotatable bonds is 4. The van der Waals surface area contributed by atoms with Gasteiger partial charge in [0.15, 0.2) is 0 Å². The van der Waals surface area contributed by atoms with Gasteiger partial charge in [-0.3, -0.25) is 4.72 Å². The average Bonchev–Trinajstić information content (AvgIpc) is 2.56. The van der Waals surface area contributed by atoms with Gasteiger partial charge in [-0.25, -0.2) is 8.42 Å². The van der Waals surface area contributed by atoms with Gasteiger partial charge in [0.2, 0.25) is 10.0 Å². The van der Waals surface area contributed by atoms with Crippen LogP contribution in [0.2, 0.25) is 0 Å². The number of hydrogen-bond acceptors (Lipinski definition) is 4. The first-order valence-corrected chi connectivity index (χ1v) is 9.69. The van der Waals surface area contributed by atoms with Crippen LogP contribution in [0.15, 0.2) is 18.2 Å². The van der Waals surface area contributed by atoms with Gasteiger partial charge in [-0.05, 0) is 50.7 Å². The third-order valence-corrected chi connectivity index (χ3v) is 5.11. The van der Waals surface area contributed by atoms with Crippen LogP contribution < -0.4 is 10.2 Å². The Morgan fingerprint density at radius 3 is 2.04 bits per heavy atom. The second-order valence-electron chi connectivity index (χ2n) is 7.46. The van der Waals surface area contributed by atoms with E-state index in [-0.39, 0.29) is 5.92 Å². The summed E-state index contributed by atoms with van der Waals surface area (Å²) in [4.78, 5) is 0. The van der Waals surface area contributed by atoms with Crippen molar-refractivity contribution in [3.05, 3.63) is 23.8 Å². The molecular formula is C16H26BNO4S. The van der Waals surface area contributed by atoms with E-state index in [4.69, 9.17) is 9.31 Å². The van der Waals surface area contributed by atoms with Crippen molar-refractivity contribution in [3.63, 3.8) is 0 Å². The van der Waals surface area contributed by atoms with Gasteiger partial charge in [-0.15, -0.1) is 0 Å². The molecule has 1 aromatic carbocycles. The molecule has 0 unspecified atom stereocenters. The zero-order chi connectivity index (χ0) is 17.6. The zero-order valence-electron chi connectivity index (χ0n) is 14.9. The lowest BCUT2D eigenvalue weighted by atomic mass is 9.77. The molecule has 7 heteroatoms. The highest BCUT2D eigenvalue weighted by Gasteiger charge is 2.51. The molecule has 5 nitrogen and oxygen atoms in total. The Kier molecular flexibility index (Phi) is 4.61. The summed E-state index contributed by atoms with van der Waals surface area (Å²) in [5, 5.41) is 0. The summed E-state index contributed by atoms with van der Waals surface area (Å²) in [5.41, 5.74) is 1.61. The molecule has 1 aliphatic heterocycles. The summed E-state index contributed by atoms with van der Waals surface area (Å²) in [5.74, 6) is 0.168. The van der Waals surface area contributed by atoms with E-state index in [1.165, 1.54) is 0 Å². The highest BCUT2D eigenvalue weighted by Crippen LogP contribution is 2.37. The van der Waals surface area contributed by atoms with E-state index in [1.807, 2.05) is 53.7 Å². The van der Waals surface area contributed by atoms with E-state index in [1.54, 1.807) is 6.07 Å². The summed E-state index contributed by atoms with van der Waals surface area (Å²) in [6.07, 6.45) is 1.15. The molecule has 128 valence electrons. The smallest absolute Gasteiger partial charge is 0.399 e. The fourth-order valence-corrected chi connectivity index (χ4v) is 3.06. The lowest BCUT2D eigenvalue weighted by molar-refractivity contribution is 0.00578. The van der Waals surface area contributed by atoms with E-state index in [0.29, 0.717) is 5.69 Å². The van der Waals surface area contributed by atoms with Crippen LogP contribution in [0.5, 0.6) is 0 Å². The van der Waals surface area contributed by atoms with Crippen molar-refractivity contribution in [1.82, 2.24) is 0 Å². The highest BCUT2D eigenvalue weighted by molar-refractivity contribution is 7.92. The molecule has 1 heterocycles. The highest BCUT2D eigenvalue weighted by atomic mass is 32.2. The van der Waals surface area contributed by atoms with Gasteiger partial charge < -0.3 is 9.31 Å². The maximum Gasteiger partial charge on any atom is 0.494 e. The normalized spacial score (nSPS) is 20.1. The van der Waals surface area contributed by atoms with Crippen LogP contribution >= 0.6 is 0 Å². The molecule has 0 amide bonds. The Morgan fingerprint density at radius 2 is 1.61 bits per heavy atom. The van der Waals surface area contributed by atoms with Crippen molar-refractivity contribution in [2.24, 2.45) is 0 Å². The molecule has 0 aromatic heterocycles. The molecule has 0 bridgehead atoms. The summed E-state index contributed by atoms with van der Waals surface area (Å²) in [6.45, 7) is 12.1. The van der Waals surface area contributed by atoms with E-state index < -0.39 is 28.3 Å². The van der Waals surface area contributed by atoms with Gasteiger partial charge in [0, 0.05) is 0 Å². The molecular weight excluding hydrogens is 313 g/mol. The Morgan fingerprint density at radius 1 is 1.09 bits per heavy atom. The fraction of sp³-hybridized carbons (Fsp3) is 0.625. The lowest BCUT2D eigenvalue weighted by Crippen LogP contribution is -2.41. The zero-order valence-corrected chi connectivity index (χ0v) is 15.7. The molecule has 1 aliphatic rings. The molecule has 2 rings (SSSR count). The summed E-state index contributed by atoms with van der Waals surface area (Å²) in [6, 6.07) is 5.58. The Hall–Kier alpha value is -1.05. The minimum atomic E-state index is -3.31. The lowest BCUT2D eigenvalue weighted by Gasteiger charge is -2.32. The fourth-order valence-electron chi connectivity index (χ4n) is 2.48. The van der Waals surface area contributed by atoms with Crippen molar-refractivity contribution in [1.29, 1.82) is 0 Å². The quantitative estimate of drug-likeness (QED) is 0.856. The SMILES string of the molecule is CC(C)c1cc(B2OC(C)(C)C(C)(C)O2)ccc1NS(C)(=O)=O. The van der Waals surface area contributed by atoms with Crippen molar-refractivity contribution in [2.45, 2.75) is 58.7 Å². The second kappa shape index (κ2) is 5.79. The maximum absolute atomic E-state index is 11.5. The molecule has 1 saturated heterocycles. The van der Waals surface area contributed by atoms with Gasteiger partial charge in [0.25, 0.3) is 0 Å². The minimum absolute atomic E-state index is 0.168. The van der Waals surface area contributed by atoms with E-state index >= 15 is 0 Å². The van der Waals surface area contributed by atoms with Crippen LogP contribution in [-0.2, 0) is 19.3 Å². The van der Waals surface area contributed by atoms with E-state index in [0.717, 1.165) is 17.3 Å². The van der Waals surface area contributed by atoms with Crippen molar-refractivity contribution >= 4 is 28.3 Å². The van der Waals surface area contributed by atoms with Gasteiger partial charge >= 0.3 is 7.12 Å².